The Morgan fingerprint density at radius 3 is 2.44 bits per heavy atom. The number of anilines is 1. The van der Waals surface area contributed by atoms with E-state index in [2.05, 4.69) is 81.8 Å². The largest absolute Gasteiger partial charge is 0.347 e. The van der Waals surface area contributed by atoms with Crippen LogP contribution in [0.3, 0.4) is 0 Å². The van der Waals surface area contributed by atoms with Gasteiger partial charge in [-0.2, -0.15) is 0 Å². The lowest BCUT2D eigenvalue weighted by Gasteiger charge is -2.23. The van der Waals surface area contributed by atoms with Crippen molar-refractivity contribution in [2.24, 2.45) is 4.99 Å². The molecule has 0 saturated heterocycles. The van der Waals surface area contributed by atoms with Crippen molar-refractivity contribution >= 4 is 17.1 Å². The van der Waals surface area contributed by atoms with Crippen molar-refractivity contribution < 1.29 is 0 Å². The van der Waals surface area contributed by atoms with Gasteiger partial charge in [-0.25, -0.2) is 0 Å². The summed E-state index contributed by atoms with van der Waals surface area (Å²) in [4.78, 5) is 6.99. The molecule has 1 heterocycles. The van der Waals surface area contributed by atoms with E-state index in [0.717, 1.165) is 17.0 Å². The minimum absolute atomic E-state index is 0.0126. The van der Waals surface area contributed by atoms with E-state index >= 15 is 0 Å². The maximum atomic E-state index is 4.72. The van der Waals surface area contributed by atoms with Gasteiger partial charge in [-0.3, -0.25) is 4.99 Å². The van der Waals surface area contributed by atoms with Crippen molar-refractivity contribution in [3.63, 3.8) is 0 Å². The van der Waals surface area contributed by atoms with E-state index in [-0.39, 0.29) is 5.41 Å². The van der Waals surface area contributed by atoms with Gasteiger partial charge in [-0.15, -0.1) is 0 Å². The van der Waals surface area contributed by atoms with Crippen molar-refractivity contribution in [2.75, 3.05) is 11.9 Å². The van der Waals surface area contributed by atoms with E-state index in [1.807, 2.05) is 31.2 Å². The molecule has 0 atom stereocenters. The third kappa shape index (κ3) is 3.66. The Kier molecular flexibility index (Phi) is 5.18. The molecule has 0 amide bonds. The molecule has 0 spiro atoms. The molecule has 1 aliphatic heterocycles. The van der Waals surface area contributed by atoms with Gasteiger partial charge in [-0.1, -0.05) is 69.0 Å². The SMILES string of the molecule is C=C(/C=C/C=C1/N(C)c2ccccc2C1(C)C)/C(C)=N\c1ccccc1C. The van der Waals surface area contributed by atoms with Crippen LogP contribution in [0.4, 0.5) is 11.4 Å². The fraction of sp³-hybridized carbons (Fsp3) is 0.240. The monoisotopic (exact) mass is 356 g/mol. The molecule has 0 aliphatic carbocycles. The fourth-order valence-corrected chi connectivity index (χ4v) is 3.62. The topological polar surface area (TPSA) is 15.6 Å². The zero-order chi connectivity index (χ0) is 19.6. The summed E-state index contributed by atoms with van der Waals surface area (Å²) in [5, 5.41) is 0. The molecule has 0 N–H and O–H groups in total. The molecule has 1 aliphatic rings. The smallest absolute Gasteiger partial charge is 0.0662 e. The number of likely N-dealkylation sites (N-methyl/N-ethyl adjacent to an activating group) is 1. The van der Waals surface area contributed by atoms with Gasteiger partial charge >= 0.3 is 0 Å². The van der Waals surface area contributed by atoms with Crippen LogP contribution in [-0.2, 0) is 5.41 Å². The summed E-state index contributed by atoms with van der Waals surface area (Å²) in [6, 6.07) is 16.8. The van der Waals surface area contributed by atoms with Gasteiger partial charge in [0.1, 0.15) is 0 Å². The zero-order valence-electron chi connectivity index (χ0n) is 17.0. The summed E-state index contributed by atoms with van der Waals surface area (Å²) in [6.45, 7) is 12.8. The zero-order valence-corrected chi connectivity index (χ0v) is 17.0. The van der Waals surface area contributed by atoms with Gasteiger partial charge < -0.3 is 4.90 Å². The van der Waals surface area contributed by atoms with Gasteiger partial charge in [-0.05, 0) is 48.8 Å². The molecule has 138 valence electrons. The molecule has 0 aromatic heterocycles. The second-order valence-electron chi connectivity index (χ2n) is 7.62. The Morgan fingerprint density at radius 1 is 1.07 bits per heavy atom. The summed E-state index contributed by atoms with van der Waals surface area (Å²) in [6.07, 6.45) is 6.31. The summed E-state index contributed by atoms with van der Waals surface area (Å²) < 4.78 is 0. The fourth-order valence-electron chi connectivity index (χ4n) is 3.62. The number of aryl methyl sites for hydroxylation is 1. The van der Waals surface area contributed by atoms with Crippen LogP contribution < -0.4 is 4.90 Å². The first-order valence-corrected chi connectivity index (χ1v) is 9.34. The summed E-state index contributed by atoms with van der Waals surface area (Å²) >= 11 is 0. The minimum atomic E-state index is -0.0126. The number of hydrogen-bond acceptors (Lipinski definition) is 2. The van der Waals surface area contributed by atoms with Crippen LogP contribution in [-0.4, -0.2) is 12.8 Å². The van der Waals surface area contributed by atoms with Crippen LogP contribution in [0.1, 0.15) is 31.9 Å². The van der Waals surface area contributed by atoms with Gasteiger partial charge in [0.2, 0.25) is 0 Å². The number of nitrogens with zero attached hydrogens (tertiary/aromatic N) is 2. The van der Waals surface area contributed by atoms with E-state index in [1.54, 1.807) is 0 Å². The first-order valence-electron chi connectivity index (χ1n) is 9.34. The summed E-state index contributed by atoms with van der Waals surface area (Å²) in [5.74, 6) is 0. The lowest BCUT2D eigenvalue weighted by Crippen LogP contribution is -2.22. The highest BCUT2D eigenvalue weighted by molar-refractivity contribution is 6.01. The first-order chi connectivity index (χ1) is 12.8. The lowest BCUT2D eigenvalue weighted by molar-refractivity contribution is 0.640. The molecular weight excluding hydrogens is 328 g/mol. The number of rotatable bonds is 4. The third-order valence-corrected chi connectivity index (χ3v) is 5.36. The summed E-state index contributed by atoms with van der Waals surface area (Å²) in [5.41, 5.74) is 7.93. The van der Waals surface area contributed by atoms with Crippen molar-refractivity contribution in [3.8, 4) is 0 Å². The Morgan fingerprint density at radius 2 is 1.74 bits per heavy atom. The quantitative estimate of drug-likeness (QED) is 0.450. The highest BCUT2D eigenvalue weighted by atomic mass is 15.2. The Balaban J connectivity index is 1.81. The van der Waals surface area contributed by atoms with Gasteiger partial charge in [0, 0.05) is 29.6 Å². The number of para-hydroxylation sites is 2. The van der Waals surface area contributed by atoms with E-state index < -0.39 is 0 Å². The van der Waals surface area contributed by atoms with Crippen molar-refractivity contribution in [1.29, 1.82) is 0 Å². The second kappa shape index (κ2) is 7.40. The number of hydrogen-bond donors (Lipinski definition) is 0. The molecule has 0 bridgehead atoms. The Hall–Kier alpha value is -2.87. The lowest BCUT2D eigenvalue weighted by atomic mass is 9.84. The van der Waals surface area contributed by atoms with E-state index in [9.17, 15) is 0 Å². The van der Waals surface area contributed by atoms with Crippen LogP contribution in [0.15, 0.2) is 89.6 Å². The maximum Gasteiger partial charge on any atom is 0.0662 e. The van der Waals surface area contributed by atoms with E-state index in [4.69, 9.17) is 4.99 Å². The average molecular weight is 357 g/mol. The van der Waals surface area contributed by atoms with Crippen LogP contribution in [0.2, 0.25) is 0 Å². The van der Waals surface area contributed by atoms with Crippen LogP contribution in [0, 0.1) is 6.92 Å². The number of fused-ring (bicyclic) bond motifs is 1. The predicted octanol–water partition coefficient (Wildman–Crippen LogP) is 6.51. The molecule has 0 fully saturated rings. The van der Waals surface area contributed by atoms with Crippen LogP contribution in [0.5, 0.6) is 0 Å². The molecule has 2 nitrogen and oxygen atoms in total. The Bertz CT molecular complexity index is 958. The normalized spacial score (nSPS) is 17.6. The molecule has 0 radical (unpaired) electrons. The highest BCUT2D eigenvalue weighted by Gasteiger charge is 2.37. The molecule has 2 heteroatoms. The molecule has 0 unspecified atom stereocenters. The minimum Gasteiger partial charge on any atom is -0.347 e. The van der Waals surface area contributed by atoms with Crippen LogP contribution in [0.25, 0.3) is 0 Å². The number of benzene rings is 2. The van der Waals surface area contributed by atoms with Crippen molar-refractivity contribution in [3.05, 3.63) is 95.7 Å². The van der Waals surface area contributed by atoms with Gasteiger partial charge in [0.25, 0.3) is 0 Å². The third-order valence-electron chi connectivity index (χ3n) is 5.36. The molecule has 27 heavy (non-hydrogen) atoms. The van der Waals surface area contributed by atoms with Crippen LogP contribution >= 0.6 is 0 Å². The number of allylic oxidation sites excluding steroid dienone is 5. The Labute approximate surface area is 163 Å². The molecular formula is C25H28N2. The van der Waals surface area contributed by atoms with Gasteiger partial charge in [0.15, 0.2) is 0 Å². The van der Waals surface area contributed by atoms with Gasteiger partial charge in [0.05, 0.1) is 5.69 Å². The number of aliphatic imine (C=N–C) groups is 1. The maximum absolute atomic E-state index is 4.72. The molecule has 0 saturated carbocycles. The van der Waals surface area contributed by atoms with E-state index in [0.29, 0.717) is 0 Å². The average Bonchev–Trinajstić information content (AvgIpc) is 2.84. The molecule has 2 aromatic carbocycles. The standard InChI is InChI=1S/C25H28N2/c1-18(20(3)26-22-15-9-7-12-19(22)2)13-11-17-24-25(4,5)21-14-8-10-16-23(21)27(24)6/h7-17H,1H2,2-6H3/b13-11+,24-17+,26-20-. The van der Waals surface area contributed by atoms with E-state index in [1.165, 1.54) is 22.5 Å². The van der Waals surface area contributed by atoms with Crippen molar-refractivity contribution in [2.45, 2.75) is 33.1 Å². The first kappa shape index (κ1) is 18.9. The van der Waals surface area contributed by atoms with Crippen molar-refractivity contribution in [1.82, 2.24) is 0 Å². The summed E-state index contributed by atoms with van der Waals surface area (Å²) in [7, 11) is 2.13. The predicted molar refractivity (Wildman–Crippen MR) is 118 cm³/mol. The molecule has 3 rings (SSSR count). The highest BCUT2D eigenvalue weighted by Crippen LogP contribution is 2.46. The second-order valence-corrected chi connectivity index (χ2v) is 7.62. The molecule has 2 aromatic rings.